The molecule has 0 saturated heterocycles. The molecule has 0 aliphatic heterocycles. The van der Waals surface area contributed by atoms with Crippen LogP contribution in [-0.2, 0) is 0 Å². The fourth-order valence-electron chi connectivity index (χ4n) is 1.73. The summed E-state index contributed by atoms with van der Waals surface area (Å²) in [4.78, 5) is 14.0. The Morgan fingerprint density at radius 1 is 1.19 bits per heavy atom. The number of rotatable bonds is 4. The van der Waals surface area contributed by atoms with Crippen molar-refractivity contribution < 1.29 is 4.74 Å². The number of hydrogen-bond donors (Lipinski definition) is 0. The van der Waals surface area contributed by atoms with Crippen molar-refractivity contribution in [3.8, 4) is 11.8 Å². The van der Waals surface area contributed by atoms with Gasteiger partial charge in [-0.1, -0.05) is 29.8 Å². The Morgan fingerprint density at radius 3 is 2.52 bits per heavy atom. The lowest BCUT2D eigenvalue weighted by Gasteiger charge is -2.14. The van der Waals surface area contributed by atoms with Gasteiger partial charge in [-0.2, -0.15) is 15.0 Å². The lowest BCUT2D eigenvalue weighted by Crippen LogP contribution is -2.13. The van der Waals surface area contributed by atoms with E-state index in [0.717, 1.165) is 10.0 Å². The van der Waals surface area contributed by atoms with E-state index >= 15 is 0 Å². The highest BCUT2D eigenvalue weighted by Gasteiger charge is 2.13. The van der Waals surface area contributed by atoms with Gasteiger partial charge in [0.15, 0.2) is 0 Å². The first-order valence-electron chi connectivity index (χ1n) is 6.43. The van der Waals surface area contributed by atoms with E-state index in [9.17, 15) is 0 Å². The Morgan fingerprint density at radius 2 is 1.90 bits per heavy atom. The van der Waals surface area contributed by atoms with Gasteiger partial charge < -0.3 is 9.64 Å². The summed E-state index contributed by atoms with van der Waals surface area (Å²) in [5.41, 5.74) is 1.06. The molecule has 0 atom stereocenters. The van der Waals surface area contributed by atoms with Gasteiger partial charge in [0.1, 0.15) is 5.75 Å². The van der Waals surface area contributed by atoms with E-state index in [0.29, 0.717) is 17.6 Å². The first kappa shape index (κ1) is 16.0. The zero-order chi connectivity index (χ0) is 15.6. The molecular weight excluding hydrogens is 356 g/mol. The fraction of sp³-hybridized carbons (Fsp3) is 0.357. The van der Waals surface area contributed by atoms with Crippen molar-refractivity contribution >= 4 is 33.5 Å². The molecule has 2 rings (SSSR count). The summed E-state index contributed by atoms with van der Waals surface area (Å²) in [5.74, 6) is 1.47. The SMILES string of the molecule is CC(C)c1cc(Br)ccc1Oc1nc(Cl)nc(N(C)C)n1. The molecule has 112 valence electrons. The van der Waals surface area contributed by atoms with E-state index in [1.54, 1.807) is 4.90 Å². The number of nitrogens with zero attached hydrogens (tertiary/aromatic N) is 4. The highest BCUT2D eigenvalue weighted by Crippen LogP contribution is 2.32. The average Bonchev–Trinajstić information content (AvgIpc) is 2.40. The quantitative estimate of drug-likeness (QED) is 0.803. The van der Waals surface area contributed by atoms with Crippen LogP contribution in [-0.4, -0.2) is 29.0 Å². The highest BCUT2D eigenvalue weighted by molar-refractivity contribution is 9.10. The summed E-state index contributed by atoms with van der Waals surface area (Å²) in [6, 6.07) is 6.00. The summed E-state index contributed by atoms with van der Waals surface area (Å²) in [5, 5.41) is 0.104. The number of benzene rings is 1. The molecule has 0 saturated carbocycles. The molecule has 2 aromatic rings. The van der Waals surface area contributed by atoms with Crippen molar-refractivity contribution in [2.45, 2.75) is 19.8 Å². The van der Waals surface area contributed by atoms with Gasteiger partial charge in [-0.15, -0.1) is 0 Å². The van der Waals surface area contributed by atoms with Gasteiger partial charge >= 0.3 is 6.01 Å². The third-order valence-corrected chi connectivity index (χ3v) is 3.43. The number of ether oxygens (including phenoxy) is 1. The monoisotopic (exact) mass is 370 g/mol. The summed E-state index contributed by atoms with van der Waals surface area (Å²) in [6.07, 6.45) is 0. The molecule has 1 heterocycles. The number of halogens is 2. The van der Waals surface area contributed by atoms with E-state index in [-0.39, 0.29) is 11.3 Å². The maximum absolute atomic E-state index is 5.91. The smallest absolute Gasteiger partial charge is 0.328 e. The maximum Gasteiger partial charge on any atom is 0.328 e. The highest BCUT2D eigenvalue weighted by atomic mass is 79.9. The predicted molar refractivity (Wildman–Crippen MR) is 87.5 cm³/mol. The molecule has 0 aliphatic rings. The van der Waals surface area contributed by atoms with Crippen molar-refractivity contribution in [2.24, 2.45) is 0 Å². The number of aromatic nitrogens is 3. The third-order valence-electron chi connectivity index (χ3n) is 2.77. The molecule has 0 aliphatic carbocycles. The van der Waals surface area contributed by atoms with Gasteiger partial charge in [0, 0.05) is 18.6 Å². The van der Waals surface area contributed by atoms with Crippen molar-refractivity contribution in [3.05, 3.63) is 33.5 Å². The van der Waals surface area contributed by atoms with E-state index in [4.69, 9.17) is 16.3 Å². The van der Waals surface area contributed by atoms with Gasteiger partial charge in [0.2, 0.25) is 11.2 Å². The Labute approximate surface area is 137 Å². The standard InChI is InChI=1S/C14H16BrClN4O/c1-8(2)10-7-9(15)5-6-11(10)21-14-18-12(16)17-13(19-14)20(3)4/h5-8H,1-4H3. The molecule has 5 nitrogen and oxygen atoms in total. The average molecular weight is 372 g/mol. The molecule has 0 bridgehead atoms. The van der Waals surface area contributed by atoms with Crippen LogP contribution in [0, 0.1) is 0 Å². The van der Waals surface area contributed by atoms with Gasteiger partial charge in [0.05, 0.1) is 0 Å². The zero-order valence-electron chi connectivity index (χ0n) is 12.3. The van der Waals surface area contributed by atoms with E-state index < -0.39 is 0 Å². The van der Waals surface area contributed by atoms with Crippen molar-refractivity contribution in [1.29, 1.82) is 0 Å². The van der Waals surface area contributed by atoms with Crippen molar-refractivity contribution in [3.63, 3.8) is 0 Å². The molecule has 0 fully saturated rings. The zero-order valence-corrected chi connectivity index (χ0v) is 14.6. The molecule has 0 unspecified atom stereocenters. The molecule has 1 aromatic carbocycles. The van der Waals surface area contributed by atoms with Crippen molar-refractivity contribution in [1.82, 2.24) is 15.0 Å². The lowest BCUT2D eigenvalue weighted by molar-refractivity contribution is 0.432. The van der Waals surface area contributed by atoms with Crippen LogP contribution in [0.1, 0.15) is 25.3 Å². The second-order valence-electron chi connectivity index (χ2n) is 5.02. The topological polar surface area (TPSA) is 51.1 Å². The second-order valence-corrected chi connectivity index (χ2v) is 6.27. The van der Waals surface area contributed by atoms with Crippen LogP contribution in [0.5, 0.6) is 11.8 Å². The molecule has 1 aromatic heterocycles. The van der Waals surface area contributed by atoms with Crippen LogP contribution in [0.2, 0.25) is 5.28 Å². The second kappa shape index (κ2) is 6.58. The van der Waals surface area contributed by atoms with E-state index in [2.05, 4.69) is 44.7 Å². The van der Waals surface area contributed by atoms with Crippen LogP contribution >= 0.6 is 27.5 Å². The first-order valence-corrected chi connectivity index (χ1v) is 7.60. The Kier molecular flexibility index (Phi) is 5.00. The summed E-state index contributed by atoms with van der Waals surface area (Å²) >= 11 is 9.38. The minimum Gasteiger partial charge on any atom is -0.424 e. The normalized spacial score (nSPS) is 10.8. The molecule has 21 heavy (non-hydrogen) atoms. The van der Waals surface area contributed by atoms with Crippen molar-refractivity contribution in [2.75, 3.05) is 19.0 Å². The van der Waals surface area contributed by atoms with Crippen LogP contribution in [0.25, 0.3) is 0 Å². The molecule has 0 amide bonds. The Bertz CT molecular complexity index is 649. The van der Waals surface area contributed by atoms with Crippen LogP contribution in [0.15, 0.2) is 22.7 Å². The fourth-order valence-corrected chi connectivity index (χ4v) is 2.26. The Hall–Kier alpha value is -1.40. The molecule has 7 heteroatoms. The van der Waals surface area contributed by atoms with Crippen LogP contribution in [0.3, 0.4) is 0 Å². The Balaban J connectivity index is 2.38. The van der Waals surface area contributed by atoms with E-state index in [1.165, 1.54) is 0 Å². The molecule has 0 N–H and O–H groups in total. The molecule has 0 radical (unpaired) electrons. The lowest BCUT2D eigenvalue weighted by atomic mass is 10.0. The predicted octanol–water partition coefficient (Wildman–Crippen LogP) is 4.27. The number of hydrogen-bond acceptors (Lipinski definition) is 5. The summed E-state index contributed by atoms with van der Waals surface area (Å²) in [7, 11) is 3.66. The molecule has 0 spiro atoms. The maximum atomic E-state index is 5.91. The van der Waals surface area contributed by atoms with Gasteiger partial charge in [-0.25, -0.2) is 0 Å². The molecular formula is C14H16BrClN4O. The van der Waals surface area contributed by atoms with Gasteiger partial charge in [-0.3, -0.25) is 0 Å². The van der Waals surface area contributed by atoms with Gasteiger partial charge in [0.25, 0.3) is 0 Å². The summed E-state index contributed by atoms with van der Waals surface area (Å²) in [6.45, 7) is 4.19. The van der Waals surface area contributed by atoms with Crippen LogP contribution in [0.4, 0.5) is 5.95 Å². The summed E-state index contributed by atoms with van der Waals surface area (Å²) < 4.78 is 6.80. The largest absolute Gasteiger partial charge is 0.424 e. The van der Waals surface area contributed by atoms with Crippen LogP contribution < -0.4 is 9.64 Å². The first-order chi connectivity index (χ1) is 9.86. The van der Waals surface area contributed by atoms with Gasteiger partial charge in [-0.05, 0) is 41.3 Å². The third kappa shape index (κ3) is 4.04. The number of anilines is 1. The minimum absolute atomic E-state index is 0.104. The minimum atomic E-state index is 0.104. The van der Waals surface area contributed by atoms with E-state index in [1.807, 2.05) is 32.3 Å².